The van der Waals surface area contributed by atoms with E-state index in [2.05, 4.69) is 24.7 Å². The van der Waals surface area contributed by atoms with Crippen molar-refractivity contribution in [3.05, 3.63) is 17.7 Å². The highest BCUT2D eigenvalue weighted by molar-refractivity contribution is 6.76. The van der Waals surface area contributed by atoms with Crippen molar-refractivity contribution in [3.8, 4) is 5.75 Å². The first-order chi connectivity index (χ1) is 15.7. The number of carbonyl (C=O) groups excluding carboxylic acids is 1. The summed E-state index contributed by atoms with van der Waals surface area (Å²) in [5.41, 5.74) is 1.88. The lowest BCUT2D eigenvalue weighted by Gasteiger charge is -2.41. The summed E-state index contributed by atoms with van der Waals surface area (Å²) in [4.78, 5) is 15.1. The number of rotatable bonds is 6. The van der Waals surface area contributed by atoms with Crippen molar-refractivity contribution in [1.82, 2.24) is 5.01 Å². The Morgan fingerprint density at radius 3 is 2.44 bits per heavy atom. The van der Waals surface area contributed by atoms with E-state index in [0.29, 0.717) is 19.0 Å². The lowest BCUT2D eigenvalue weighted by Crippen LogP contribution is -2.57. The first kappa shape index (κ1) is 25.2. The number of ether oxygens (including phenoxy) is 2. The normalized spacial score (nSPS) is 23.4. The lowest BCUT2D eigenvalue weighted by molar-refractivity contribution is -0.138. The number of fused-ring (bicyclic) bond motifs is 3. The highest BCUT2D eigenvalue weighted by Gasteiger charge is 2.52. The molecule has 1 aromatic rings. The third kappa shape index (κ3) is 4.65. The first-order valence-corrected chi connectivity index (χ1v) is 15.8. The molecule has 4 rings (SSSR count). The molecule has 10 heteroatoms. The molecule has 3 aliphatic heterocycles. The van der Waals surface area contributed by atoms with Gasteiger partial charge in [-0.05, 0) is 70.7 Å². The fraction of sp³-hybridized carbons (Fsp3) is 0.667. The number of hydrogen-bond donors (Lipinski definition) is 0. The SMILES string of the molecule is Cc1cc2c(cc1B1OC(C)(C)C(C)(C)O1)N1C(=NN(COCC[Si](C)(C)C)C(=O)C1C)CO2. The van der Waals surface area contributed by atoms with Crippen molar-refractivity contribution in [3.63, 3.8) is 0 Å². The number of hydrogen-bond acceptors (Lipinski definition) is 7. The zero-order chi connectivity index (χ0) is 25.1. The summed E-state index contributed by atoms with van der Waals surface area (Å²) in [5.74, 6) is 1.33. The number of nitrogens with zero attached hydrogens (tertiary/aromatic N) is 3. The van der Waals surface area contributed by atoms with E-state index in [0.717, 1.165) is 28.5 Å². The summed E-state index contributed by atoms with van der Waals surface area (Å²) in [6.07, 6.45) is 0. The van der Waals surface area contributed by atoms with Crippen molar-refractivity contribution in [1.29, 1.82) is 0 Å². The second-order valence-electron chi connectivity index (χ2n) is 11.7. The molecular formula is C24H38BN3O5Si. The van der Waals surface area contributed by atoms with E-state index in [1.54, 1.807) is 0 Å². The molecule has 1 atom stereocenters. The predicted molar refractivity (Wildman–Crippen MR) is 138 cm³/mol. The van der Waals surface area contributed by atoms with Crippen LogP contribution in [0.25, 0.3) is 0 Å². The number of amides is 1. The second-order valence-corrected chi connectivity index (χ2v) is 17.3. The molecule has 1 amide bonds. The highest BCUT2D eigenvalue weighted by atomic mass is 28.3. The van der Waals surface area contributed by atoms with Gasteiger partial charge in [-0.25, -0.2) is 5.01 Å². The third-order valence-corrected chi connectivity index (χ3v) is 8.90. The fourth-order valence-corrected chi connectivity index (χ4v) is 4.97. The Bertz CT molecular complexity index is 991. The molecule has 186 valence electrons. The van der Waals surface area contributed by atoms with E-state index >= 15 is 0 Å². The topological polar surface area (TPSA) is 72.8 Å². The van der Waals surface area contributed by atoms with Crippen LogP contribution < -0.4 is 15.1 Å². The summed E-state index contributed by atoms with van der Waals surface area (Å²) in [7, 11) is -1.69. The van der Waals surface area contributed by atoms with Crippen LogP contribution in [0, 0.1) is 6.92 Å². The molecule has 3 heterocycles. The van der Waals surface area contributed by atoms with E-state index < -0.39 is 32.4 Å². The van der Waals surface area contributed by atoms with Crippen LogP contribution in [0.5, 0.6) is 5.75 Å². The fourth-order valence-electron chi connectivity index (χ4n) is 4.21. The van der Waals surface area contributed by atoms with E-state index in [1.165, 1.54) is 5.01 Å². The standard InChI is InChI=1S/C24H38BN3O5Si/c1-16-12-20-19(13-18(16)25-32-23(3,4)24(5,6)33-25)28-17(2)22(29)27(26-21(28)14-31-20)15-30-10-11-34(7,8)9/h12-13,17H,10-11,14-15H2,1-9H3. The molecule has 1 saturated heterocycles. The van der Waals surface area contributed by atoms with Gasteiger partial charge >= 0.3 is 7.12 Å². The van der Waals surface area contributed by atoms with Gasteiger partial charge in [0.25, 0.3) is 5.91 Å². The first-order valence-electron chi connectivity index (χ1n) is 12.1. The number of aryl methyl sites for hydroxylation is 1. The summed E-state index contributed by atoms with van der Waals surface area (Å²) in [5, 5.41) is 6.02. The molecule has 0 radical (unpaired) electrons. The van der Waals surface area contributed by atoms with Gasteiger partial charge in [-0.15, -0.1) is 0 Å². The van der Waals surface area contributed by atoms with Crippen LogP contribution in [0.1, 0.15) is 40.2 Å². The smallest absolute Gasteiger partial charge is 0.483 e. The zero-order valence-corrected chi connectivity index (χ0v) is 23.0. The van der Waals surface area contributed by atoms with Gasteiger partial charge in [0.15, 0.2) is 5.84 Å². The molecule has 0 N–H and O–H groups in total. The molecule has 34 heavy (non-hydrogen) atoms. The molecule has 0 bridgehead atoms. The minimum absolute atomic E-state index is 0.0950. The number of carbonyl (C=O) groups is 1. The highest BCUT2D eigenvalue weighted by Crippen LogP contribution is 2.39. The minimum atomic E-state index is -1.19. The van der Waals surface area contributed by atoms with E-state index in [9.17, 15) is 4.79 Å². The van der Waals surface area contributed by atoms with Gasteiger partial charge in [0.05, 0.1) is 16.9 Å². The van der Waals surface area contributed by atoms with Crippen LogP contribution in [-0.4, -0.2) is 69.1 Å². The molecule has 1 unspecified atom stereocenters. The van der Waals surface area contributed by atoms with Crippen molar-refractivity contribution in [2.75, 3.05) is 24.8 Å². The number of amidine groups is 1. The lowest BCUT2D eigenvalue weighted by atomic mass is 9.75. The largest absolute Gasteiger partial charge is 0.495 e. The molecule has 3 aliphatic rings. The maximum atomic E-state index is 13.2. The molecule has 8 nitrogen and oxygen atoms in total. The Labute approximate surface area is 204 Å². The second kappa shape index (κ2) is 8.65. The van der Waals surface area contributed by atoms with Gasteiger partial charge in [-0.1, -0.05) is 19.6 Å². The summed E-state index contributed by atoms with van der Waals surface area (Å²) in [6, 6.07) is 4.63. The maximum absolute atomic E-state index is 13.2. The van der Waals surface area contributed by atoms with Crippen LogP contribution in [0.2, 0.25) is 25.7 Å². The van der Waals surface area contributed by atoms with Gasteiger partial charge in [0, 0.05) is 14.7 Å². The van der Waals surface area contributed by atoms with Crippen LogP contribution >= 0.6 is 0 Å². The van der Waals surface area contributed by atoms with Gasteiger partial charge in [0.2, 0.25) is 0 Å². The van der Waals surface area contributed by atoms with Crippen molar-refractivity contribution < 1.29 is 23.6 Å². The Balaban J connectivity index is 1.58. The zero-order valence-electron chi connectivity index (χ0n) is 22.0. The Kier molecular flexibility index (Phi) is 6.42. The number of hydrazone groups is 1. The van der Waals surface area contributed by atoms with Crippen LogP contribution in [0.3, 0.4) is 0 Å². The third-order valence-electron chi connectivity index (χ3n) is 7.19. The van der Waals surface area contributed by atoms with Crippen LogP contribution in [0.4, 0.5) is 5.69 Å². The molecule has 1 aromatic carbocycles. The van der Waals surface area contributed by atoms with E-state index in [1.807, 2.05) is 58.6 Å². The molecular weight excluding hydrogens is 449 g/mol. The Hall–Kier alpha value is -1.88. The average molecular weight is 487 g/mol. The van der Waals surface area contributed by atoms with Gasteiger partial charge < -0.3 is 23.7 Å². The average Bonchev–Trinajstić information content (AvgIpc) is 2.94. The number of anilines is 1. The van der Waals surface area contributed by atoms with Crippen LogP contribution in [0.15, 0.2) is 17.2 Å². The van der Waals surface area contributed by atoms with Gasteiger partial charge in [-0.3, -0.25) is 4.79 Å². The molecule has 0 saturated carbocycles. The molecule has 1 fully saturated rings. The van der Waals surface area contributed by atoms with Crippen LogP contribution in [-0.2, 0) is 18.8 Å². The molecule has 0 aromatic heterocycles. The number of benzene rings is 1. The molecule has 0 aliphatic carbocycles. The van der Waals surface area contributed by atoms with Gasteiger partial charge in [0.1, 0.15) is 25.1 Å². The van der Waals surface area contributed by atoms with E-state index in [-0.39, 0.29) is 12.6 Å². The van der Waals surface area contributed by atoms with E-state index in [4.69, 9.17) is 18.8 Å². The summed E-state index contributed by atoms with van der Waals surface area (Å²) < 4.78 is 24.4. The van der Waals surface area contributed by atoms with Crippen molar-refractivity contribution in [2.45, 2.75) is 84.5 Å². The van der Waals surface area contributed by atoms with Crippen molar-refractivity contribution >= 4 is 38.1 Å². The Morgan fingerprint density at radius 1 is 1.18 bits per heavy atom. The minimum Gasteiger partial charge on any atom is -0.483 e. The monoisotopic (exact) mass is 487 g/mol. The Morgan fingerprint density at radius 2 is 1.82 bits per heavy atom. The summed E-state index contributed by atoms with van der Waals surface area (Å²) >= 11 is 0. The van der Waals surface area contributed by atoms with Gasteiger partial charge in [-0.2, -0.15) is 5.10 Å². The quantitative estimate of drug-likeness (QED) is 0.453. The molecule has 0 spiro atoms. The predicted octanol–water partition coefficient (Wildman–Crippen LogP) is 3.35. The van der Waals surface area contributed by atoms with Crippen molar-refractivity contribution in [2.24, 2.45) is 5.10 Å². The maximum Gasteiger partial charge on any atom is 0.495 e. The summed E-state index contributed by atoms with van der Waals surface area (Å²) in [6.45, 7) is 20.1.